The monoisotopic (exact) mass is 349 g/mol. The summed E-state index contributed by atoms with van der Waals surface area (Å²) in [6.45, 7) is 1.09. The summed E-state index contributed by atoms with van der Waals surface area (Å²) >= 11 is 0. The fourth-order valence-corrected chi connectivity index (χ4v) is 3.08. The van der Waals surface area contributed by atoms with Gasteiger partial charge in [-0.05, 0) is 36.4 Å². The number of hydrogen-bond donors (Lipinski definition) is 2. The van der Waals surface area contributed by atoms with E-state index in [1.54, 1.807) is 30.3 Å². The molecule has 0 spiro atoms. The van der Waals surface area contributed by atoms with Gasteiger partial charge in [-0.1, -0.05) is 0 Å². The third-order valence-corrected chi connectivity index (χ3v) is 4.49. The van der Waals surface area contributed by atoms with Crippen molar-refractivity contribution < 1.29 is 9.53 Å². The number of aromatic amines is 1. The van der Waals surface area contributed by atoms with Crippen LogP contribution in [0.4, 0.5) is 5.69 Å². The van der Waals surface area contributed by atoms with E-state index < -0.39 is 0 Å². The molecule has 3 heterocycles. The lowest BCUT2D eigenvalue weighted by molar-refractivity contribution is 0.0726. The molecule has 26 heavy (non-hydrogen) atoms. The Morgan fingerprint density at radius 1 is 1.27 bits per heavy atom. The van der Waals surface area contributed by atoms with Crippen LogP contribution in [0.3, 0.4) is 0 Å². The number of rotatable bonds is 3. The molecule has 1 amide bonds. The highest BCUT2D eigenvalue weighted by atomic mass is 16.5. The molecule has 7 nitrogen and oxygen atoms in total. The van der Waals surface area contributed by atoms with Crippen LogP contribution in [-0.2, 0) is 13.0 Å². The van der Waals surface area contributed by atoms with Crippen molar-refractivity contribution in [2.24, 2.45) is 0 Å². The van der Waals surface area contributed by atoms with Crippen LogP contribution in [0.25, 0.3) is 11.4 Å². The Morgan fingerprint density at radius 3 is 2.81 bits per heavy atom. The second-order valence-corrected chi connectivity index (χ2v) is 6.19. The molecule has 4 rings (SSSR count). The van der Waals surface area contributed by atoms with E-state index in [9.17, 15) is 4.79 Å². The molecule has 0 aliphatic carbocycles. The van der Waals surface area contributed by atoms with Crippen LogP contribution in [0.2, 0.25) is 0 Å². The lowest BCUT2D eigenvalue weighted by atomic mass is 10.1. The van der Waals surface area contributed by atoms with Crippen LogP contribution >= 0.6 is 0 Å². The molecular weight excluding hydrogens is 330 g/mol. The first-order chi connectivity index (χ1) is 12.6. The van der Waals surface area contributed by atoms with E-state index in [2.05, 4.69) is 15.0 Å². The maximum atomic E-state index is 12.7. The number of carbonyl (C=O) groups is 1. The smallest absolute Gasteiger partial charge is 0.272 e. The van der Waals surface area contributed by atoms with Crippen molar-refractivity contribution in [3.63, 3.8) is 0 Å². The maximum absolute atomic E-state index is 12.7. The van der Waals surface area contributed by atoms with Gasteiger partial charge < -0.3 is 20.4 Å². The Hall–Kier alpha value is -3.35. The number of pyridine rings is 1. The fourth-order valence-electron chi connectivity index (χ4n) is 3.08. The van der Waals surface area contributed by atoms with Gasteiger partial charge in [0.15, 0.2) is 0 Å². The summed E-state index contributed by atoms with van der Waals surface area (Å²) in [5.74, 6) is 1.48. The van der Waals surface area contributed by atoms with E-state index in [0.29, 0.717) is 30.9 Å². The highest BCUT2D eigenvalue weighted by Gasteiger charge is 2.25. The molecule has 1 aliphatic rings. The second-order valence-electron chi connectivity index (χ2n) is 6.19. The number of nitrogens with zero attached hydrogens (tertiary/aromatic N) is 3. The van der Waals surface area contributed by atoms with Crippen molar-refractivity contribution in [1.29, 1.82) is 0 Å². The van der Waals surface area contributed by atoms with Gasteiger partial charge in [0.25, 0.3) is 5.91 Å². The Bertz CT molecular complexity index is 949. The van der Waals surface area contributed by atoms with Gasteiger partial charge in [0, 0.05) is 30.4 Å². The van der Waals surface area contributed by atoms with E-state index in [0.717, 1.165) is 28.5 Å². The van der Waals surface area contributed by atoms with Gasteiger partial charge >= 0.3 is 0 Å². The summed E-state index contributed by atoms with van der Waals surface area (Å²) in [6, 6.07) is 11.0. The van der Waals surface area contributed by atoms with E-state index >= 15 is 0 Å². The third-order valence-electron chi connectivity index (χ3n) is 4.49. The van der Waals surface area contributed by atoms with E-state index in [-0.39, 0.29) is 5.91 Å². The first-order valence-corrected chi connectivity index (χ1v) is 8.37. The number of hydrogen-bond acceptors (Lipinski definition) is 5. The lowest BCUT2D eigenvalue weighted by Gasteiger charge is -2.25. The highest BCUT2D eigenvalue weighted by molar-refractivity contribution is 5.93. The molecule has 3 N–H and O–H groups in total. The Balaban J connectivity index is 1.55. The number of methoxy groups -OCH3 is 1. The first-order valence-electron chi connectivity index (χ1n) is 8.37. The summed E-state index contributed by atoms with van der Waals surface area (Å²) in [7, 11) is 1.64. The summed E-state index contributed by atoms with van der Waals surface area (Å²) in [6.07, 6.45) is 2.26. The second kappa shape index (κ2) is 6.51. The number of imidazole rings is 1. The number of nitrogen functional groups attached to an aromatic ring is 1. The number of H-pyrrole nitrogens is 1. The Labute approximate surface area is 150 Å². The largest absolute Gasteiger partial charge is 0.497 e. The molecular formula is C19H19N5O2. The van der Waals surface area contributed by atoms with Gasteiger partial charge in [0.2, 0.25) is 0 Å². The maximum Gasteiger partial charge on any atom is 0.272 e. The molecule has 0 radical (unpaired) electrons. The zero-order valence-electron chi connectivity index (χ0n) is 14.4. The number of aromatic nitrogens is 3. The molecule has 3 aromatic rings. The minimum absolute atomic E-state index is 0.122. The van der Waals surface area contributed by atoms with Gasteiger partial charge in [0.05, 0.1) is 25.0 Å². The first kappa shape index (κ1) is 16.1. The van der Waals surface area contributed by atoms with E-state index in [4.69, 9.17) is 10.5 Å². The quantitative estimate of drug-likeness (QED) is 0.756. The number of carbonyl (C=O) groups excluding carboxylic acids is 1. The molecule has 7 heteroatoms. The molecule has 0 atom stereocenters. The minimum atomic E-state index is -0.122. The van der Waals surface area contributed by atoms with E-state index in [1.165, 1.54) is 0 Å². The predicted octanol–water partition coefficient (Wildman–Crippen LogP) is 2.26. The number of anilines is 1. The number of amides is 1. The minimum Gasteiger partial charge on any atom is -0.497 e. The van der Waals surface area contributed by atoms with Crippen LogP contribution in [-0.4, -0.2) is 39.4 Å². The molecule has 0 fully saturated rings. The molecule has 1 aliphatic heterocycles. The normalized spacial score (nSPS) is 13.3. The number of benzene rings is 1. The summed E-state index contributed by atoms with van der Waals surface area (Å²) < 4.78 is 5.19. The van der Waals surface area contributed by atoms with Crippen molar-refractivity contribution in [3.05, 3.63) is 59.7 Å². The van der Waals surface area contributed by atoms with Crippen LogP contribution in [0, 0.1) is 0 Å². The summed E-state index contributed by atoms with van der Waals surface area (Å²) in [5.41, 5.74) is 9.59. The Morgan fingerprint density at radius 2 is 2.08 bits per heavy atom. The van der Waals surface area contributed by atoms with Crippen molar-refractivity contribution in [2.45, 2.75) is 13.0 Å². The van der Waals surface area contributed by atoms with Gasteiger partial charge in [-0.25, -0.2) is 4.98 Å². The average molecular weight is 349 g/mol. The molecule has 1 aromatic carbocycles. The molecule has 0 bridgehead atoms. The Kier molecular flexibility index (Phi) is 4.04. The van der Waals surface area contributed by atoms with Crippen molar-refractivity contribution in [3.8, 4) is 17.1 Å². The number of nitrogens with two attached hydrogens (primary N) is 1. The standard InChI is InChI=1S/C19H19N5O2/c1-26-14-4-2-12(3-5-14)18-22-15-7-9-24(11-17(15)23-18)19(25)16-10-13(20)6-8-21-16/h2-6,8,10H,7,9,11H2,1H3,(H2,20,21)(H,22,23). The number of nitrogens with one attached hydrogen (secondary N) is 1. The van der Waals surface area contributed by atoms with Crippen LogP contribution in [0.15, 0.2) is 42.6 Å². The average Bonchev–Trinajstić information content (AvgIpc) is 3.10. The SMILES string of the molecule is COc1ccc(-c2nc3c([nH]2)CN(C(=O)c2cc(N)ccn2)CC3)cc1. The topological polar surface area (TPSA) is 97.1 Å². The fraction of sp³-hybridized carbons (Fsp3) is 0.211. The van der Waals surface area contributed by atoms with Gasteiger partial charge in [-0.2, -0.15) is 0 Å². The van der Waals surface area contributed by atoms with Crippen LogP contribution in [0.1, 0.15) is 21.9 Å². The van der Waals surface area contributed by atoms with Crippen LogP contribution < -0.4 is 10.5 Å². The molecule has 0 unspecified atom stereocenters. The predicted molar refractivity (Wildman–Crippen MR) is 97.7 cm³/mol. The third kappa shape index (κ3) is 2.99. The molecule has 0 saturated carbocycles. The van der Waals surface area contributed by atoms with Gasteiger partial charge in [0.1, 0.15) is 17.3 Å². The lowest BCUT2D eigenvalue weighted by Crippen LogP contribution is -2.36. The summed E-state index contributed by atoms with van der Waals surface area (Å²) in [4.78, 5) is 26.6. The zero-order valence-corrected chi connectivity index (χ0v) is 14.4. The van der Waals surface area contributed by atoms with E-state index in [1.807, 2.05) is 24.3 Å². The molecule has 132 valence electrons. The van der Waals surface area contributed by atoms with Crippen molar-refractivity contribution in [2.75, 3.05) is 19.4 Å². The van der Waals surface area contributed by atoms with Crippen molar-refractivity contribution in [1.82, 2.24) is 19.9 Å². The van der Waals surface area contributed by atoms with Crippen LogP contribution in [0.5, 0.6) is 5.75 Å². The zero-order chi connectivity index (χ0) is 18.1. The molecule has 0 saturated heterocycles. The van der Waals surface area contributed by atoms with Crippen molar-refractivity contribution >= 4 is 11.6 Å². The molecule has 2 aromatic heterocycles. The number of fused-ring (bicyclic) bond motifs is 1. The van der Waals surface area contributed by atoms with Gasteiger partial charge in [-0.15, -0.1) is 0 Å². The highest BCUT2D eigenvalue weighted by Crippen LogP contribution is 2.25. The summed E-state index contributed by atoms with van der Waals surface area (Å²) in [5, 5.41) is 0. The van der Waals surface area contributed by atoms with Gasteiger partial charge in [-0.3, -0.25) is 9.78 Å². The number of ether oxygens (including phenoxy) is 1.